The molecule has 0 aromatic heterocycles. The predicted molar refractivity (Wildman–Crippen MR) is 46.1 cm³/mol. The molecule has 6 heteroatoms. The van der Waals surface area contributed by atoms with Gasteiger partial charge in [-0.25, -0.2) is 0 Å². The molecule has 0 fully saturated rings. The highest BCUT2D eigenvalue weighted by molar-refractivity contribution is 7.52. The summed E-state index contributed by atoms with van der Waals surface area (Å²) in [5.41, 5.74) is -0.819. The molecule has 2 atom stereocenters. The highest BCUT2D eigenvalue weighted by Gasteiger charge is 2.29. The van der Waals surface area contributed by atoms with Gasteiger partial charge in [0.15, 0.2) is 0 Å². The Morgan fingerprint density at radius 2 is 1.92 bits per heavy atom. The third-order valence-electron chi connectivity index (χ3n) is 1.84. The van der Waals surface area contributed by atoms with Gasteiger partial charge in [-0.3, -0.25) is 9.36 Å². The van der Waals surface area contributed by atoms with Gasteiger partial charge in [0.1, 0.15) is 0 Å². The van der Waals surface area contributed by atoms with Gasteiger partial charge >= 0.3 is 7.60 Å². The Bertz CT molecular complexity index is 212. The minimum absolute atomic E-state index is 0.00612. The lowest BCUT2D eigenvalue weighted by Gasteiger charge is -2.18. The molecule has 0 aliphatic carbocycles. The second-order valence-electron chi connectivity index (χ2n) is 2.87. The van der Waals surface area contributed by atoms with Crippen molar-refractivity contribution in [3.63, 3.8) is 0 Å². The Morgan fingerprint density at radius 1 is 1.50 bits per heavy atom. The highest BCUT2D eigenvalue weighted by Crippen LogP contribution is 2.45. The van der Waals surface area contributed by atoms with Crippen molar-refractivity contribution in [3.8, 4) is 0 Å². The van der Waals surface area contributed by atoms with Crippen LogP contribution < -0.4 is 0 Å². The summed E-state index contributed by atoms with van der Waals surface area (Å²) in [6.07, 6.45) is -0.00612. The number of rotatable bonds is 4. The molecule has 0 saturated heterocycles. The summed E-state index contributed by atoms with van der Waals surface area (Å²) in [4.78, 5) is 27.9. The SMILES string of the molecule is CC(CC(=O)Cl)C(C)P(=O)(O)O. The van der Waals surface area contributed by atoms with Crippen LogP contribution in [0.5, 0.6) is 0 Å². The van der Waals surface area contributed by atoms with Crippen molar-refractivity contribution in [1.82, 2.24) is 0 Å². The zero-order valence-electron chi connectivity index (χ0n) is 6.90. The predicted octanol–water partition coefficient (Wildman–Crippen LogP) is 1.34. The number of hydrogen-bond acceptors (Lipinski definition) is 2. The molecule has 2 unspecified atom stereocenters. The van der Waals surface area contributed by atoms with Gasteiger partial charge in [0.2, 0.25) is 5.24 Å². The van der Waals surface area contributed by atoms with E-state index >= 15 is 0 Å². The van der Waals surface area contributed by atoms with Crippen molar-refractivity contribution in [2.75, 3.05) is 0 Å². The largest absolute Gasteiger partial charge is 0.328 e. The van der Waals surface area contributed by atoms with Crippen LogP contribution in [0.2, 0.25) is 0 Å². The molecule has 0 saturated carbocycles. The van der Waals surface area contributed by atoms with E-state index in [2.05, 4.69) is 0 Å². The molecule has 0 amide bonds. The highest BCUT2D eigenvalue weighted by atomic mass is 35.5. The number of halogens is 1. The average molecular weight is 215 g/mol. The lowest BCUT2D eigenvalue weighted by atomic mass is 10.1. The first-order chi connectivity index (χ1) is 5.25. The topological polar surface area (TPSA) is 74.6 Å². The van der Waals surface area contributed by atoms with Crippen molar-refractivity contribution >= 4 is 24.4 Å². The van der Waals surface area contributed by atoms with E-state index < -0.39 is 24.4 Å². The van der Waals surface area contributed by atoms with Gasteiger partial charge in [-0.2, -0.15) is 0 Å². The molecule has 0 heterocycles. The van der Waals surface area contributed by atoms with Crippen molar-refractivity contribution in [2.24, 2.45) is 5.92 Å². The minimum atomic E-state index is -4.08. The second-order valence-corrected chi connectivity index (χ2v) is 5.28. The van der Waals surface area contributed by atoms with Crippen molar-refractivity contribution in [1.29, 1.82) is 0 Å². The zero-order valence-corrected chi connectivity index (χ0v) is 8.55. The summed E-state index contributed by atoms with van der Waals surface area (Å²) in [5.74, 6) is -0.393. The van der Waals surface area contributed by atoms with Gasteiger partial charge < -0.3 is 9.79 Å². The van der Waals surface area contributed by atoms with Gasteiger partial charge in [0, 0.05) is 6.42 Å². The first kappa shape index (κ1) is 12.1. The van der Waals surface area contributed by atoms with Gasteiger partial charge in [0.05, 0.1) is 5.66 Å². The number of hydrogen-bond donors (Lipinski definition) is 2. The van der Waals surface area contributed by atoms with Crippen LogP contribution in [0, 0.1) is 5.92 Å². The first-order valence-corrected chi connectivity index (χ1v) is 5.54. The van der Waals surface area contributed by atoms with E-state index in [1.165, 1.54) is 6.92 Å². The van der Waals surface area contributed by atoms with Crippen LogP contribution >= 0.6 is 19.2 Å². The molecule has 0 bridgehead atoms. The molecule has 0 aliphatic heterocycles. The summed E-state index contributed by atoms with van der Waals surface area (Å²) < 4.78 is 10.7. The van der Waals surface area contributed by atoms with E-state index in [4.69, 9.17) is 21.4 Å². The number of carbonyl (C=O) groups excluding carboxylic acids is 1. The average Bonchev–Trinajstić information content (AvgIpc) is 1.82. The molecule has 0 aromatic carbocycles. The van der Waals surface area contributed by atoms with Gasteiger partial charge in [-0.05, 0) is 17.5 Å². The van der Waals surface area contributed by atoms with Crippen molar-refractivity contribution < 1.29 is 19.1 Å². The van der Waals surface area contributed by atoms with Crippen molar-refractivity contribution in [2.45, 2.75) is 25.9 Å². The summed E-state index contributed by atoms with van der Waals surface area (Å²) >= 11 is 5.07. The maximum absolute atomic E-state index is 10.7. The van der Waals surface area contributed by atoms with E-state index in [1.807, 2.05) is 0 Å². The Kier molecular flexibility index (Phi) is 4.42. The van der Waals surface area contributed by atoms with Crippen LogP contribution in [-0.4, -0.2) is 20.7 Å². The molecule has 0 aromatic rings. The molecule has 2 N–H and O–H groups in total. The fourth-order valence-electron chi connectivity index (χ4n) is 0.755. The summed E-state index contributed by atoms with van der Waals surface area (Å²) in [5, 5.41) is -0.567. The Balaban J connectivity index is 4.20. The molecular weight excluding hydrogens is 202 g/mol. The molecule has 4 nitrogen and oxygen atoms in total. The third-order valence-corrected chi connectivity index (χ3v) is 3.56. The van der Waals surface area contributed by atoms with E-state index in [-0.39, 0.29) is 6.42 Å². The Hall–Kier alpha value is 0.110. The van der Waals surface area contributed by atoms with Crippen LogP contribution in [0.25, 0.3) is 0 Å². The summed E-state index contributed by atoms with van der Waals surface area (Å²) in [7, 11) is -4.08. The van der Waals surface area contributed by atoms with Gasteiger partial charge in [-0.1, -0.05) is 13.8 Å². The molecule has 0 rings (SSSR count). The molecular formula is C6H12ClO4P. The maximum Gasteiger partial charge on any atom is 0.328 e. The van der Waals surface area contributed by atoms with Crippen LogP contribution in [0.3, 0.4) is 0 Å². The Morgan fingerprint density at radius 3 is 2.17 bits per heavy atom. The monoisotopic (exact) mass is 214 g/mol. The summed E-state index contributed by atoms with van der Waals surface area (Å²) in [6, 6.07) is 0. The van der Waals surface area contributed by atoms with Crippen LogP contribution in [0.1, 0.15) is 20.3 Å². The lowest BCUT2D eigenvalue weighted by Crippen LogP contribution is -2.16. The molecule has 0 radical (unpaired) electrons. The standard InChI is InChI=1S/C6H12ClO4P/c1-4(3-6(7)8)5(2)12(9,10)11/h4-5H,3H2,1-2H3,(H2,9,10,11). The second kappa shape index (κ2) is 4.38. The van der Waals surface area contributed by atoms with Crippen molar-refractivity contribution in [3.05, 3.63) is 0 Å². The normalized spacial score (nSPS) is 17.1. The molecule has 12 heavy (non-hydrogen) atoms. The summed E-state index contributed by atoms with van der Waals surface area (Å²) in [6.45, 7) is 3.00. The van der Waals surface area contributed by atoms with E-state index in [1.54, 1.807) is 6.92 Å². The van der Waals surface area contributed by atoms with Crippen LogP contribution in [0.4, 0.5) is 0 Å². The maximum atomic E-state index is 10.7. The number of carbonyl (C=O) groups is 1. The third kappa shape index (κ3) is 4.21. The van der Waals surface area contributed by atoms with Gasteiger partial charge in [-0.15, -0.1) is 0 Å². The van der Waals surface area contributed by atoms with E-state index in [9.17, 15) is 9.36 Å². The van der Waals surface area contributed by atoms with Crippen LogP contribution in [-0.2, 0) is 9.36 Å². The van der Waals surface area contributed by atoms with Gasteiger partial charge in [0.25, 0.3) is 0 Å². The van der Waals surface area contributed by atoms with E-state index in [0.29, 0.717) is 0 Å². The Labute approximate surface area is 76.1 Å². The molecule has 0 aliphatic rings. The van der Waals surface area contributed by atoms with E-state index in [0.717, 1.165) is 0 Å². The fourth-order valence-corrected chi connectivity index (χ4v) is 1.77. The molecule has 0 spiro atoms. The fraction of sp³-hybridized carbons (Fsp3) is 0.833. The first-order valence-electron chi connectivity index (χ1n) is 3.48. The van der Waals surface area contributed by atoms with Crippen LogP contribution in [0.15, 0.2) is 0 Å². The smallest absolute Gasteiger partial charge is 0.324 e. The minimum Gasteiger partial charge on any atom is -0.324 e. The zero-order chi connectivity index (χ0) is 9.94. The molecule has 72 valence electrons. The lowest BCUT2D eigenvalue weighted by molar-refractivity contribution is -0.112. The quantitative estimate of drug-likeness (QED) is 0.547.